The molecule has 100 valence electrons. The molecule has 0 aliphatic rings. The second-order valence-corrected chi connectivity index (χ2v) is 4.85. The lowest BCUT2D eigenvalue weighted by molar-refractivity contribution is 0.0152. The highest BCUT2D eigenvalue weighted by molar-refractivity contribution is 9.09. The average molecular weight is 342 g/mol. The molecule has 0 radical (unpaired) electrons. The highest BCUT2D eigenvalue weighted by atomic mass is 79.9. The number of aliphatic hydroxyl groups is 2. The lowest BCUT2D eigenvalue weighted by Crippen LogP contribution is -2.20. The molecule has 0 aliphatic heterocycles. The fourth-order valence-electron chi connectivity index (χ4n) is 1.43. The maximum atomic E-state index is 13.6. The second-order valence-electron chi connectivity index (χ2n) is 3.65. The summed E-state index contributed by atoms with van der Waals surface area (Å²) in [6, 6.07) is 1.74. The van der Waals surface area contributed by atoms with Gasteiger partial charge in [0.25, 0.3) is 0 Å². The normalized spacial score (nSPS) is 14.3. The molecule has 0 spiro atoms. The fraction of sp³-hybridized carbons (Fsp3) is 0.364. The van der Waals surface area contributed by atoms with Gasteiger partial charge in [-0.1, -0.05) is 27.5 Å². The van der Waals surface area contributed by atoms with Gasteiger partial charge in [0.2, 0.25) is 0 Å². The number of carbonyl (C=O) groups is 1. The summed E-state index contributed by atoms with van der Waals surface area (Å²) < 4.78 is 13.6. The van der Waals surface area contributed by atoms with E-state index in [-0.39, 0.29) is 22.6 Å². The van der Waals surface area contributed by atoms with Gasteiger partial charge in [-0.2, -0.15) is 0 Å². The van der Waals surface area contributed by atoms with Gasteiger partial charge in [-0.3, -0.25) is 0 Å². The molecule has 2 unspecified atom stereocenters. The van der Waals surface area contributed by atoms with Crippen LogP contribution in [0.5, 0.6) is 0 Å². The lowest BCUT2D eigenvalue weighted by atomic mass is 10.0. The number of halogens is 3. The molecule has 0 bridgehead atoms. The molecule has 0 heterocycles. The highest BCUT2D eigenvalue weighted by Crippen LogP contribution is 2.28. The van der Waals surface area contributed by atoms with Gasteiger partial charge in [-0.15, -0.1) is 0 Å². The third-order valence-electron chi connectivity index (χ3n) is 2.40. The third kappa shape index (κ3) is 3.41. The first kappa shape index (κ1) is 15.4. The Labute approximate surface area is 116 Å². The van der Waals surface area contributed by atoms with E-state index in [0.717, 1.165) is 12.1 Å². The van der Waals surface area contributed by atoms with Gasteiger partial charge in [0.05, 0.1) is 16.7 Å². The summed E-state index contributed by atoms with van der Waals surface area (Å²) in [4.78, 5) is 10.7. The van der Waals surface area contributed by atoms with E-state index in [0.29, 0.717) is 5.33 Å². The molecule has 0 amide bonds. The van der Waals surface area contributed by atoms with Crippen LogP contribution >= 0.6 is 27.5 Å². The largest absolute Gasteiger partial charge is 0.478 e. The molecular formula is C11H11BrClFO4. The summed E-state index contributed by atoms with van der Waals surface area (Å²) in [5.74, 6) is -2.28. The minimum absolute atomic E-state index is 0.191. The van der Waals surface area contributed by atoms with Crippen molar-refractivity contribution in [3.63, 3.8) is 0 Å². The van der Waals surface area contributed by atoms with Crippen molar-refractivity contribution >= 4 is 33.5 Å². The van der Waals surface area contributed by atoms with Crippen LogP contribution in [-0.4, -0.2) is 32.7 Å². The molecule has 1 aromatic carbocycles. The van der Waals surface area contributed by atoms with E-state index in [1.54, 1.807) is 0 Å². The van der Waals surface area contributed by atoms with E-state index in [4.69, 9.17) is 16.7 Å². The zero-order valence-corrected chi connectivity index (χ0v) is 11.4. The zero-order valence-electron chi connectivity index (χ0n) is 9.11. The molecule has 0 fully saturated rings. The van der Waals surface area contributed by atoms with Crippen molar-refractivity contribution in [2.24, 2.45) is 0 Å². The van der Waals surface area contributed by atoms with Gasteiger partial charge >= 0.3 is 5.97 Å². The predicted octanol–water partition coefficient (Wildman–Crippen LogP) is 2.36. The molecule has 0 aromatic heterocycles. The molecule has 0 saturated carbocycles. The van der Waals surface area contributed by atoms with E-state index in [2.05, 4.69) is 15.9 Å². The summed E-state index contributed by atoms with van der Waals surface area (Å²) >= 11 is 8.76. The molecule has 1 rings (SSSR count). The van der Waals surface area contributed by atoms with Crippen molar-refractivity contribution in [3.8, 4) is 0 Å². The summed E-state index contributed by atoms with van der Waals surface area (Å²) in [6.07, 6.45) is -2.40. The molecule has 0 aliphatic carbocycles. The van der Waals surface area contributed by atoms with Crippen molar-refractivity contribution in [3.05, 3.63) is 34.1 Å². The summed E-state index contributed by atoms with van der Waals surface area (Å²) in [7, 11) is 0. The van der Waals surface area contributed by atoms with Crippen molar-refractivity contribution in [2.45, 2.75) is 18.6 Å². The first-order chi connectivity index (χ1) is 8.38. The fourth-order valence-corrected chi connectivity index (χ4v) is 2.15. The van der Waals surface area contributed by atoms with Crippen LogP contribution in [0.3, 0.4) is 0 Å². The summed E-state index contributed by atoms with van der Waals surface area (Å²) in [6.45, 7) is 0. The van der Waals surface area contributed by atoms with Crippen LogP contribution in [0.15, 0.2) is 12.1 Å². The summed E-state index contributed by atoms with van der Waals surface area (Å²) in [5, 5.41) is 28.3. The quantitative estimate of drug-likeness (QED) is 0.719. The Balaban J connectivity index is 3.11. The van der Waals surface area contributed by atoms with Gasteiger partial charge in [0.15, 0.2) is 0 Å². The SMILES string of the molecule is O=C(O)c1cc(F)c(C(O)C(O)CCBr)cc1Cl. The van der Waals surface area contributed by atoms with Crippen LogP contribution < -0.4 is 0 Å². The first-order valence-electron chi connectivity index (χ1n) is 5.02. The van der Waals surface area contributed by atoms with E-state index < -0.39 is 24.0 Å². The smallest absolute Gasteiger partial charge is 0.337 e. The topological polar surface area (TPSA) is 77.8 Å². The lowest BCUT2D eigenvalue weighted by Gasteiger charge is -2.18. The van der Waals surface area contributed by atoms with Crippen molar-refractivity contribution in [1.29, 1.82) is 0 Å². The molecular weight excluding hydrogens is 330 g/mol. The number of carboxylic acids is 1. The number of rotatable bonds is 5. The van der Waals surface area contributed by atoms with Crippen LogP contribution in [0, 0.1) is 5.82 Å². The highest BCUT2D eigenvalue weighted by Gasteiger charge is 2.23. The maximum Gasteiger partial charge on any atom is 0.337 e. The predicted molar refractivity (Wildman–Crippen MR) is 67.7 cm³/mol. The Morgan fingerprint density at radius 2 is 2.06 bits per heavy atom. The van der Waals surface area contributed by atoms with Gasteiger partial charge < -0.3 is 15.3 Å². The Kier molecular flexibility index (Phi) is 5.52. The molecule has 3 N–H and O–H groups in total. The minimum Gasteiger partial charge on any atom is -0.478 e. The van der Waals surface area contributed by atoms with Crippen molar-refractivity contribution in [2.75, 3.05) is 5.33 Å². The Hall–Kier alpha value is -0.690. The first-order valence-corrected chi connectivity index (χ1v) is 6.52. The van der Waals surface area contributed by atoms with E-state index in [1.807, 2.05) is 0 Å². The standard InChI is InChI=1S/C11H11BrClFO4/c12-2-1-9(15)10(16)6-3-7(13)5(11(17)18)4-8(6)14/h3-4,9-10,15-16H,1-2H2,(H,17,18). The molecule has 0 saturated heterocycles. The van der Waals surface area contributed by atoms with Gasteiger partial charge in [0, 0.05) is 10.9 Å². The van der Waals surface area contributed by atoms with Gasteiger partial charge in [-0.25, -0.2) is 9.18 Å². The molecule has 1 aromatic rings. The summed E-state index contributed by atoms with van der Waals surface area (Å²) in [5.41, 5.74) is -0.612. The monoisotopic (exact) mass is 340 g/mol. The van der Waals surface area contributed by atoms with Crippen LogP contribution in [0.1, 0.15) is 28.4 Å². The van der Waals surface area contributed by atoms with Crippen LogP contribution in [0.4, 0.5) is 4.39 Å². The maximum absolute atomic E-state index is 13.6. The minimum atomic E-state index is -1.46. The molecule has 4 nitrogen and oxygen atoms in total. The Morgan fingerprint density at radius 1 is 1.44 bits per heavy atom. The number of carboxylic acid groups (broad SMARTS) is 1. The second kappa shape index (κ2) is 6.47. The number of aromatic carboxylic acids is 1. The molecule has 7 heteroatoms. The number of aliphatic hydroxyl groups excluding tert-OH is 2. The van der Waals surface area contributed by atoms with Crippen LogP contribution in [0.2, 0.25) is 5.02 Å². The Bertz CT molecular complexity index is 455. The number of benzene rings is 1. The number of hydrogen-bond acceptors (Lipinski definition) is 3. The molecule has 18 heavy (non-hydrogen) atoms. The average Bonchev–Trinajstić information content (AvgIpc) is 2.30. The number of alkyl halides is 1. The Morgan fingerprint density at radius 3 is 2.56 bits per heavy atom. The van der Waals surface area contributed by atoms with Crippen molar-refractivity contribution < 1.29 is 24.5 Å². The molecule has 2 atom stereocenters. The van der Waals surface area contributed by atoms with Gasteiger partial charge in [-0.05, 0) is 18.6 Å². The third-order valence-corrected chi connectivity index (χ3v) is 3.18. The van der Waals surface area contributed by atoms with Gasteiger partial charge in [0.1, 0.15) is 11.9 Å². The van der Waals surface area contributed by atoms with E-state index in [1.165, 1.54) is 0 Å². The zero-order chi connectivity index (χ0) is 13.9. The van der Waals surface area contributed by atoms with Crippen LogP contribution in [-0.2, 0) is 0 Å². The van der Waals surface area contributed by atoms with E-state index in [9.17, 15) is 19.4 Å². The number of hydrogen-bond donors (Lipinski definition) is 3. The van der Waals surface area contributed by atoms with Crippen LogP contribution in [0.25, 0.3) is 0 Å². The van der Waals surface area contributed by atoms with Crippen molar-refractivity contribution in [1.82, 2.24) is 0 Å². The van der Waals surface area contributed by atoms with E-state index >= 15 is 0 Å².